The van der Waals surface area contributed by atoms with Crippen LogP contribution < -0.4 is 10.1 Å². The lowest BCUT2D eigenvalue weighted by molar-refractivity contribution is 0.0933. The van der Waals surface area contributed by atoms with Gasteiger partial charge in [-0.15, -0.1) is 0 Å². The van der Waals surface area contributed by atoms with E-state index in [4.69, 9.17) is 4.74 Å². The van der Waals surface area contributed by atoms with E-state index in [9.17, 15) is 4.79 Å². The fourth-order valence-electron chi connectivity index (χ4n) is 2.67. The van der Waals surface area contributed by atoms with Gasteiger partial charge in [-0.1, -0.05) is 24.3 Å². The molecule has 4 heteroatoms. The Labute approximate surface area is 117 Å². The Bertz CT molecular complexity index is 640. The number of amides is 1. The lowest BCUT2D eigenvalue weighted by Crippen LogP contribution is -2.27. The van der Waals surface area contributed by atoms with Gasteiger partial charge in [0.25, 0.3) is 5.91 Å². The number of nitrogens with zero attached hydrogens (tertiary/aromatic N) is 1. The van der Waals surface area contributed by atoms with Crippen LogP contribution in [0.1, 0.15) is 33.9 Å². The Hall–Kier alpha value is -2.36. The second kappa shape index (κ2) is 5.33. The highest BCUT2D eigenvalue weighted by atomic mass is 16.5. The third-order valence-corrected chi connectivity index (χ3v) is 3.65. The van der Waals surface area contributed by atoms with E-state index in [0.717, 1.165) is 12.8 Å². The number of pyridine rings is 1. The highest BCUT2D eigenvalue weighted by Gasteiger charge is 2.24. The first-order valence-electron chi connectivity index (χ1n) is 6.67. The first-order chi connectivity index (χ1) is 9.79. The van der Waals surface area contributed by atoms with Crippen molar-refractivity contribution in [1.82, 2.24) is 10.3 Å². The molecule has 1 aromatic carbocycles. The maximum atomic E-state index is 12.4. The molecule has 3 rings (SSSR count). The third-order valence-electron chi connectivity index (χ3n) is 3.65. The zero-order valence-electron chi connectivity index (χ0n) is 11.3. The van der Waals surface area contributed by atoms with Crippen molar-refractivity contribution >= 4 is 5.91 Å². The van der Waals surface area contributed by atoms with E-state index in [0.29, 0.717) is 11.4 Å². The van der Waals surface area contributed by atoms with Crippen molar-refractivity contribution in [3.05, 3.63) is 59.3 Å². The van der Waals surface area contributed by atoms with Crippen LogP contribution >= 0.6 is 0 Å². The molecular weight excluding hydrogens is 252 g/mol. The van der Waals surface area contributed by atoms with Crippen molar-refractivity contribution in [2.45, 2.75) is 18.9 Å². The third kappa shape index (κ3) is 2.25. The van der Waals surface area contributed by atoms with Gasteiger partial charge in [-0.05, 0) is 36.1 Å². The number of fused-ring (bicyclic) bond motifs is 1. The van der Waals surface area contributed by atoms with E-state index >= 15 is 0 Å². The summed E-state index contributed by atoms with van der Waals surface area (Å²) in [7, 11) is 1.52. The second-order valence-corrected chi connectivity index (χ2v) is 4.82. The summed E-state index contributed by atoms with van der Waals surface area (Å²) >= 11 is 0. The highest BCUT2D eigenvalue weighted by Crippen LogP contribution is 2.31. The predicted octanol–water partition coefficient (Wildman–Crippen LogP) is 2.51. The summed E-state index contributed by atoms with van der Waals surface area (Å²) < 4.78 is 5.13. The van der Waals surface area contributed by atoms with Gasteiger partial charge >= 0.3 is 0 Å². The molecule has 0 spiro atoms. The largest absolute Gasteiger partial charge is 0.480 e. The molecule has 102 valence electrons. The molecule has 2 aromatic rings. The second-order valence-electron chi connectivity index (χ2n) is 4.82. The summed E-state index contributed by atoms with van der Waals surface area (Å²) in [6.07, 6.45) is 3.56. The first kappa shape index (κ1) is 12.7. The Kier molecular flexibility index (Phi) is 3.37. The molecule has 1 unspecified atom stereocenters. The molecule has 4 nitrogen and oxygen atoms in total. The Morgan fingerprint density at radius 2 is 2.15 bits per heavy atom. The van der Waals surface area contributed by atoms with Gasteiger partial charge in [0.1, 0.15) is 5.56 Å². The minimum Gasteiger partial charge on any atom is -0.480 e. The Morgan fingerprint density at radius 3 is 3.00 bits per heavy atom. The molecule has 1 N–H and O–H groups in total. The van der Waals surface area contributed by atoms with Crippen LogP contribution in [0.2, 0.25) is 0 Å². The van der Waals surface area contributed by atoms with Crippen molar-refractivity contribution in [3.8, 4) is 5.88 Å². The zero-order valence-corrected chi connectivity index (χ0v) is 11.3. The maximum Gasteiger partial charge on any atom is 0.257 e. The highest BCUT2D eigenvalue weighted by molar-refractivity contribution is 5.96. The quantitative estimate of drug-likeness (QED) is 0.930. The number of ether oxygens (including phenoxy) is 1. The average molecular weight is 268 g/mol. The molecule has 1 aliphatic rings. The standard InChI is InChI=1S/C16H16N2O2/c1-20-16-13(7-4-10-17-16)15(19)18-14-9-8-11-5-2-3-6-12(11)14/h2-7,10,14H,8-9H2,1H3,(H,18,19). The molecule has 0 fully saturated rings. The molecular formula is C16H16N2O2. The summed E-state index contributed by atoms with van der Waals surface area (Å²) in [5.41, 5.74) is 3.00. The Balaban J connectivity index is 1.81. The van der Waals surface area contributed by atoms with Crippen LogP contribution in [0.15, 0.2) is 42.6 Å². The number of methoxy groups -OCH3 is 1. The summed E-state index contributed by atoms with van der Waals surface area (Å²) in [6, 6.07) is 11.8. The number of hydrogen-bond donors (Lipinski definition) is 1. The van der Waals surface area contributed by atoms with Gasteiger partial charge in [-0.3, -0.25) is 4.79 Å². The topological polar surface area (TPSA) is 51.2 Å². The van der Waals surface area contributed by atoms with Gasteiger partial charge in [0, 0.05) is 6.20 Å². The number of carbonyl (C=O) groups is 1. The minimum absolute atomic E-state index is 0.0728. The van der Waals surface area contributed by atoms with Crippen LogP contribution in [-0.2, 0) is 6.42 Å². The van der Waals surface area contributed by atoms with E-state index in [1.165, 1.54) is 18.2 Å². The molecule has 0 aliphatic heterocycles. The zero-order chi connectivity index (χ0) is 13.9. The van der Waals surface area contributed by atoms with Crippen LogP contribution in [0, 0.1) is 0 Å². The number of aromatic nitrogens is 1. The van der Waals surface area contributed by atoms with Crippen LogP contribution in [0.5, 0.6) is 5.88 Å². The van der Waals surface area contributed by atoms with Crippen LogP contribution in [0.25, 0.3) is 0 Å². The number of nitrogens with one attached hydrogen (secondary N) is 1. The maximum absolute atomic E-state index is 12.4. The summed E-state index contributed by atoms with van der Waals surface area (Å²) in [5.74, 6) is 0.216. The number of hydrogen-bond acceptors (Lipinski definition) is 3. The molecule has 0 saturated carbocycles. The molecule has 1 aliphatic carbocycles. The molecule has 20 heavy (non-hydrogen) atoms. The number of benzene rings is 1. The van der Waals surface area contributed by atoms with Crippen molar-refractivity contribution < 1.29 is 9.53 Å². The number of rotatable bonds is 3. The number of carbonyl (C=O) groups excluding carboxylic acids is 1. The van der Waals surface area contributed by atoms with E-state index in [-0.39, 0.29) is 11.9 Å². The van der Waals surface area contributed by atoms with Crippen LogP contribution in [0.4, 0.5) is 0 Å². The van der Waals surface area contributed by atoms with Gasteiger partial charge in [0.15, 0.2) is 0 Å². The molecule has 1 aromatic heterocycles. The average Bonchev–Trinajstić information content (AvgIpc) is 2.90. The first-order valence-corrected chi connectivity index (χ1v) is 6.67. The minimum atomic E-state index is -0.142. The lowest BCUT2D eigenvalue weighted by atomic mass is 10.1. The van der Waals surface area contributed by atoms with Gasteiger partial charge in [0.05, 0.1) is 13.2 Å². The molecule has 1 heterocycles. The van der Waals surface area contributed by atoms with Gasteiger partial charge in [0.2, 0.25) is 5.88 Å². The van der Waals surface area contributed by atoms with Gasteiger partial charge in [-0.25, -0.2) is 4.98 Å². The normalized spacial score (nSPS) is 16.6. The summed E-state index contributed by atoms with van der Waals surface area (Å²) in [4.78, 5) is 16.4. The molecule has 0 bridgehead atoms. The van der Waals surface area contributed by atoms with Crippen molar-refractivity contribution in [3.63, 3.8) is 0 Å². The lowest BCUT2D eigenvalue weighted by Gasteiger charge is -2.15. The molecule has 1 amide bonds. The van der Waals surface area contributed by atoms with E-state index in [2.05, 4.69) is 22.4 Å². The summed E-state index contributed by atoms with van der Waals surface area (Å²) in [5, 5.41) is 3.07. The smallest absolute Gasteiger partial charge is 0.257 e. The Morgan fingerprint density at radius 1 is 1.30 bits per heavy atom. The van der Waals surface area contributed by atoms with E-state index in [1.54, 1.807) is 18.3 Å². The fraction of sp³-hybridized carbons (Fsp3) is 0.250. The van der Waals surface area contributed by atoms with Crippen LogP contribution in [-0.4, -0.2) is 18.0 Å². The number of aryl methyl sites for hydroxylation is 1. The SMILES string of the molecule is COc1ncccc1C(=O)NC1CCc2ccccc21. The molecule has 0 saturated heterocycles. The summed E-state index contributed by atoms with van der Waals surface area (Å²) in [6.45, 7) is 0. The van der Waals surface area contributed by atoms with Crippen LogP contribution in [0.3, 0.4) is 0 Å². The molecule has 0 radical (unpaired) electrons. The predicted molar refractivity (Wildman–Crippen MR) is 75.8 cm³/mol. The van der Waals surface area contributed by atoms with Crippen molar-refractivity contribution in [1.29, 1.82) is 0 Å². The molecule has 1 atom stereocenters. The monoisotopic (exact) mass is 268 g/mol. The van der Waals surface area contributed by atoms with Crippen molar-refractivity contribution in [2.75, 3.05) is 7.11 Å². The van der Waals surface area contributed by atoms with Gasteiger partial charge in [-0.2, -0.15) is 0 Å². The van der Waals surface area contributed by atoms with Gasteiger partial charge < -0.3 is 10.1 Å². The fourth-order valence-corrected chi connectivity index (χ4v) is 2.67. The van der Waals surface area contributed by atoms with E-state index in [1.807, 2.05) is 12.1 Å². The van der Waals surface area contributed by atoms with E-state index < -0.39 is 0 Å². The van der Waals surface area contributed by atoms with Crippen molar-refractivity contribution in [2.24, 2.45) is 0 Å².